The summed E-state index contributed by atoms with van der Waals surface area (Å²) in [6.45, 7) is 0.626. The Morgan fingerprint density at radius 3 is 2.61 bits per heavy atom. The number of amides is 2. The molecule has 3 aromatic rings. The van der Waals surface area contributed by atoms with Gasteiger partial charge >= 0.3 is 0 Å². The fourth-order valence-corrected chi connectivity index (χ4v) is 4.80. The van der Waals surface area contributed by atoms with Crippen molar-refractivity contribution in [3.05, 3.63) is 89.5 Å². The van der Waals surface area contributed by atoms with E-state index in [-0.39, 0.29) is 17.9 Å². The van der Waals surface area contributed by atoms with Gasteiger partial charge in [0, 0.05) is 23.6 Å². The number of nitrogen functional groups attached to an aromatic ring is 1. The third-order valence-electron chi connectivity index (χ3n) is 6.54. The van der Waals surface area contributed by atoms with Gasteiger partial charge < -0.3 is 21.3 Å². The van der Waals surface area contributed by atoms with Crippen LogP contribution in [0.4, 0.5) is 17.1 Å². The minimum atomic E-state index is -0.419. The summed E-state index contributed by atoms with van der Waals surface area (Å²) in [7, 11) is 0. The zero-order valence-corrected chi connectivity index (χ0v) is 18.5. The molecular formula is C27H28N4O2. The molecular weight excluding hydrogens is 412 g/mol. The van der Waals surface area contributed by atoms with Crippen LogP contribution in [0.2, 0.25) is 0 Å². The summed E-state index contributed by atoms with van der Waals surface area (Å²) in [4.78, 5) is 27.5. The van der Waals surface area contributed by atoms with E-state index >= 15 is 0 Å². The lowest BCUT2D eigenvalue weighted by Gasteiger charge is -2.24. The van der Waals surface area contributed by atoms with Crippen LogP contribution in [-0.2, 0) is 22.4 Å². The summed E-state index contributed by atoms with van der Waals surface area (Å²) >= 11 is 0. The molecule has 168 valence electrons. The highest BCUT2D eigenvalue weighted by molar-refractivity contribution is 5.97. The Kier molecular flexibility index (Phi) is 5.73. The number of nitrogens with zero attached hydrogens (tertiary/aromatic N) is 1. The number of hydrogen-bond donors (Lipinski definition) is 3. The van der Waals surface area contributed by atoms with Crippen molar-refractivity contribution in [3.63, 3.8) is 0 Å². The predicted molar refractivity (Wildman–Crippen MR) is 131 cm³/mol. The van der Waals surface area contributed by atoms with Gasteiger partial charge in [0.05, 0.1) is 12.5 Å². The smallest absolute Gasteiger partial charge is 0.247 e. The van der Waals surface area contributed by atoms with Crippen LogP contribution in [0.15, 0.2) is 72.8 Å². The number of carbonyl (C=O) groups excluding carboxylic acids is 2. The Morgan fingerprint density at radius 1 is 1.03 bits per heavy atom. The van der Waals surface area contributed by atoms with Crippen LogP contribution in [0, 0.1) is 0 Å². The Labute approximate surface area is 193 Å². The standard InChI is InChI=1S/C27H28N4O2/c28-21-11-8-20-16-23(30-24(20)17-21)19-9-12-22(13-10-19)29-27(33)25-7-4-14-31(25)26(32)15-18-5-2-1-3-6-18/h1-3,5-6,8-13,17,23,25,30H,4,7,14-16,28H2,(H,29,33)/t23?,25-/m0/s1. The topological polar surface area (TPSA) is 87.5 Å². The average molecular weight is 441 g/mol. The van der Waals surface area contributed by atoms with Crippen LogP contribution in [-0.4, -0.2) is 29.3 Å². The predicted octanol–water partition coefficient (Wildman–Crippen LogP) is 4.15. The second-order valence-corrected chi connectivity index (χ2v) is 8.84. The van der Waals surface area contributed by atoms with Gasteiger partial charge in [-0.3, -0.25) is 9.59 Å². The minimum Gasteiger partial charge on any atom is -0.399 e. The maximum atomic E-state index is 13.0. The van der Waals surface area contributed by atoms with Gasteiger partial charge in [-0.2, -0.15) is 0 Å². The molecule has 1 fully saturated rings. The first-order chi connectivity index (χ1) is 16.1. The fraction of sp³-hybridized carbons (Fsp3) is 0.259. The van der Waals surface area contributed by atoms with Crippen LogP contribution in [0.25, 0.3) is 0 Å². The van der Waals surface area contributed by atoms with E-state index in [1.165, 1.54) is 5.56 Å². The molecule has 1 unspecified atom stereocenters. The van der Waals surface area contributed by atoms with Gasteiger partial charge in [-0.25, -0.2) is 0 Å². The van der Waals surface area contributed by atoms with Crippen molar-refractivity contribution in [1.82, 2.24) is 4.90 Å². The lowest BCUT2D eigenvalue weighted by molar-refractivity contribution is -0.136. The number of likely N-dealkylation sites (tertiary alicyclic amines) is 1. The van der Waals surface area contributed by atoms with E-state index in [9.17, 15) is 9.59 Å². The van der Waals surface area contributed by atoms with Gasteiger partial charge in [-0.1, -0.05) is 48.5 Å². The van der Waals surface area contributed by atoms with Crippen molar-refractivity contribution in [2.75, 3.05) is 22.9 Å². The molecule has 33 heavy (non-hydrogen) atoms. The zero-order valence-electron chi connectivity index (χ0n) is 18.5. The highest BCUT2D eigenvalue weighted by atomic mass is 16.2. The van der Waals surface area contributed by atoms with Crippen molar-refractivity contribution in [2.45, 2.75) is 37.8 Å². The molecule has 4 N–H and O–H groups in total. The molecule has 0 spiro atoms. The maximum Gasteiger partial charge on any atom is 0.247 e. The number of nitrogens with one attached hydrogen (secondary N) is 2. The zero-order chi connectivity index (χ0) is 22.8. The SMILES string of the molecule is Nc1ccc2c(c1)NC(c1ccc(NC(=O)[C@@H]3CCCN3C(=O)Cc3ccccc3)cc1)C2. The van der Waals surface area contributed by atoms with E-state index in [0.717, 1.165) is 41.0 Å². The number of fused-ring (bicyclic) bond motifs is 1. The number of nitrogens with two attached hydrogens (primary N) is 1. The third-order valence-corrected chi connectivity index (χ3v) is 6.54. The normalized spacial score (nSPS) is 19.1. The lowest BCUT2D eigenvalue weighted by atomic mass is 10.0. The van der Waals surface area contributed by atoms with Crippen LogP contribution in [0.3, 0.4) is 0 Å². The molecule has 0 aliphatic carbocycles. The van der Waals surface area contributed by atoms with E-state index in [0.29, 0.717) is 19.4 Å². The van der Waals surface area contributed by atoms with E-state index < -0.39 is 6.04 Å². The maximum absolute atomic E-state index is 13.0. The van der Waals surface area contributed by atoms with Crippen molar-refractivity contribution in [2.24, 2.45) is 0 Å². The highest BCUT2D eigenvalue weighted by Crippen LogP contribution is 2.35. The number of anilines is 3. The van der Waals surface area contributed by atoms with Gasteiger partial charge in [-0.05, 0) is 60.2 Å². The number of benzene rings is 3. The van der Waals surface area contributed by atoms with Crippen molar-refractivity contribution >= 4 is 28.9 Å². The van der Waals surface area contributed by atoms with E-state index in [2.05, 4.69) is 16.7 Å². The third kappa shape index (κ3) is 4.55. The van der Waals surface area contributed by atoms with Gasteiger partial charge in [0.25, 0.3) is 0 Å². The molecule has 2 amide bonds. The molecule has 0 saturated carbocycles. The molecule has 6 heteroatoms. The Hall–Kier alpha value is -3.80. The number of rotatable bonds is 5. The second kappa shape index (κ2) is 8.98. The molecule has 6 nitrogen and oxygen atoms in total. The van der Waals surface area contributed by atoms with E-state index in [1.807, 2.05) is 66.7 Å². The molecule has 2 aliphatic rings. The molecule has 0 radical (unpaired) electrons. The van der Waals surface area contributed by atoms with Gasteiger partial charge in [-0.15, -0.1) is 0 Å². The van der Waals surface area contributed by atoms with Crippen molar-refractivity contribution in [1.29, 1.82) is 0 Å². The summed E-state index contributed by atoms with van der Waals surface area (Å²) in [6.07, 6.45) is 2.76. The summed E-state index contributed by atoms with van der Waals surface area (Å²) in [5.74, 6) is -0.120. The first-order valence-corrected chi connectivity index (χ1v) is 11.5. The Bertz CT molecular complexity index is 1160. The Morgan fingerprint density at radius 2 is 1.82 bits per heavy atom. The highest BCUT2D eigenvalue weighted by Gasteiger charge is 2.34. The number of hydrogen-bond acceptors (Lipinski definition) is 4. The molecule has 2 heterocycles. The van der Waals surface area contributed by atoms with Gasteiger partial charge in [0.2, 0.25) is 11.8 Å². The summed E-state index contributed by atoms with van der Waals surface area (Å²) < 4.78 is 0. The molecule has 5 rings (SSSR count). The lowest BCUT2D eigenvalue weighted by Crippen LogP contribution is -2.43. The molecule has 1 saturated heterocycles. The summed E-state index contributed by atoms with van der Waals surface area (Å²) in [6, 6.07) is 23.3. The van der Waals surface area contributed by atoms with Crippen molar-refractivity contribution < 1.29 is 9.59 Å². The van der Waals surface area contributed by atoms with Crippen LogP contribution >= 0.6 is 0 Å². The van der Waals surface area contributed by atoms with Gasteiger partial charge in [0.1, 0.15) is 6.04 Å². The molecule has 0 aromatic heterocycles. The van der Waals surface area contributed by atoms with Crippen molar-refractivity contribution in [3.8, 4) is 0 Å². The van der Waals surface area contributed by atoms with E-state index in [1.54, 1.807) is 4.90 Å². The minimum absolute atomic E-state index is 0.00158. The van der Waals surface area contributed by atoms with Crippen LogP contribution < -0.4 is 16.4 Å². The molecule has 2 atom stereocenters. The second-order valence-electron chi connectivity index (χ2n) is 8.84. The quantitative estimate of drug-likeness (QED) is 0.520. The largest absolute Gasteiger partial charge is 0.399 e. The summed E-state index contributed by atoms with van der Waals surface area (Å²) in [5.41, 5.74) is 11.9. The molecule has 3 aromatic carbocycles. The Balaban J connectivity index is 1.20. The average Bonchev–Trinajstić information content (AvgIpc) is 3.47. The fourth-order valence-electron chi connectivity index (χ4n) is 4.80. The monoisotopic (exact) mass is 440 g/mol. The van der Waals surface area contributed by atoms with Crippen LogP contribution in [0.1, 0.15) is 35.6 Å². The van der Waals surface area contributed by atoms with E-state index in [4.69, 9.17) is 5.73 Å². The summed E-state index contributed by atoms with van der Waals surface area (Å²) in [5, 5.41) is 6.53. The van der Waals surface area contributed by atoms with Crippen LogP contribution in [0.5, 0.6) is 0 Å². The molecule has 0 bridgehead atoms. The van der Waals surface area contributed by atoms with Gasteiger partial charge in [0.15, 0.2) is 0 Å². The first-order valence-electron chi connectivity index (χ1n) is 11.5. The first kappa shape index (κ1) is 21.1. The molecule has 2 aliphatic heterocycles. The number of carbonyl (C=O) groups is 2.